The number of carbonyl (C=O) groups excluding carboxylic acids is 1. The van der Waals surface area contributed by atoms with Gasteiger partial charge in [0.25, 0.3) is 5.91 Å². The number of amides is 1. The van der Waals surface area contributed by atoms with E-state index in [1.165, 1.54) is 45.5 Å². The molecule has 3 aromatic rings. The predicted octanol–water partition coefficient (Wildman–Crippen LogP) is 3.56. The maximum Gasteiger partial charge on any atom is 0.280 e. The molecule has 1 atom stereocenters. The molecule has 172 valence electrons. The maximum absolute atomic E-state index is 12.9. The minimum Gasteiger partial charge on any atom is -0.320 e. The molecule has 0 saturated carbocycles. The van der Waals surface area contributed by atoms with Crippen LogP contribution in [0, 0.1) is 5.92 Å². The summed E-state index contributed by atoms with van der Waals surface area (Å²) in [5.74, 6) is -0.369. The molecule has 4 rings (SSSR count). The van der Waals surface area contributed by atoms with Gasteiger partial charge >= 0.3 is 0 Å². The van der Waals surface area contributed by atoms with Crippen molar-refractivity contribution < 1.29 is 13.2 Å². The van der Waals surface area contributed by atoms with Gasteiger partial charge in [0, 0.05) is 36.1 Å². The van der Waals surface area contributed by atoms with Gasteiger partial charge in [0.15, 0.2) is 5.69 Å². The molecule has 1 fully saturated rings. The summed E-state index contributed by atoms with van der Waals surface area (Å²) in [5, 5.41) is 7.30. The van der Waals surface area contributed by atoms with E-state index in [2.05, 4.69) is 10.4 Å². The Kier molecular flexibility index (Phi) is 6.64. The second-order valence-corrected chi connectivity index (χ2v) is 10.4. The fraction of sp³-hybridized carbons (Fsp3) is 0.261. The van der Waals surface area contributed by atoms with E-state index in [1.54, 1.807) is 24.3 Å². The van der Waals surface area contributed by atoms with Crippen LogP contribution in [0.25, 0.3) is 5.69 Å². The van der Waals surface area contributed by atoms with Gasteiger partial charge in [-0.15, -0.1) is 0 Å². The number of benzene rings is 2. The Hall–Kier alpha value is -3.01. The summed E-state index contributed by atoms with van der Waals surface area (Å²) in [6, 6.07) is 13.9. The Balaban J connectivity index is 1.52. The van der Waals surface area contributed by atoms with E-state index >= 15 is 0 Å². The van der Waals surface area contributed by atoms with Crippen LogP contribution in [-0.4, -0.2) is 41.5 Å². The Bertz CT molecular complexity index is 1320. The maximum atomic E-state index is 12.9. The predicted molar refractivity (Wildman–Crippen MR) is 126 cm³/mol. The first-order chi connectivity index (χ1) is 15.7. The zero-order valence-electron chi connectivity index (χ0n) is 17.9. The standard InChI is InChI=1S/C23H23ClN4O4S/c1-16-3-2-13-27(15-16)33(31,32)20-10-6-18(7-11-20)25-23(30)22-21(29)12-14-28(26-22)19-8-4-17(24)5-9-19/h4-12,14,16H,2-3,13,15H2,1H3,(H,25,30). The molecule has 1 amide bonds. The molecule has 0 spiro atoms. The molecule has 33 heavy (non-hydrogen) atoms. The monoisotopic (exact) mass is 486 g/mol. The van der Waals surface area contributed by atoms with Gasteiger partial charge in [0.05, 0.1) is 10.6 Å². The Morgan fingerprint density at radius 1 is 1.09 bits per heavy atom. The summed E-state index contributed by atoms with van der Waals surface area (Å²) < 4.78 is 28.7. The number of carbonyl (C=O) groups is 1. The number of halogens is 1. The molecule has 2 aromatic carbocycles. The van der Waals surface area contributed by atoms with Gasteiger partial charge < -0.3 is 5.32 Å². The second kappa shape index (κ2) is 9.46. The average Bonchev–Trinajstić information content (AvgIpc) is 2.80. The number of sulfonamides is 1. The number of piperidine rings is 1. The highest BCUT2D eigenvalue weighted by Gasteiger charge is 2.28. The van der Waals surface area contributed by atoms with Crippen LogP contribution in [0.3, 0.4) is 0 Å². The first kappa shape index (κ1) is 23.2. The van der Waals surface area contributed by atoms with Crippen LogP contribution in [0.4, 0.5) is 5.69 Å². The third-order valence-corrected chi connectivity index (χ3v) is 7.62. The van der Waals surface area contributed by atoms with Gasteiger partial charge in [0.1, 0.15) is 0 Å². The summed E-state index contributed by atoms with van der Waals surface area (Å²) >= 11 is 5.90. The van der Waals surface area contributed by atoms with Crippen molar-refractivity contribution in [3.05, 3.63) is 81.7 Å². The summed E-state index contributed by atoms with van der Waals surface area (Å²) in [5.41, 5.74) is 0.173. The van der Waals surface area contributed by atoms with Crippen molar-refractivity contribution in [2.45, 2.75) is 24.7 Å². The lowest BCUT2D eigenvalue weighted by Crippen LogP contribution is -2.39. The van der Waals surface area contributed by atoms with E-state index in [-0.39, 0.29) is 10.6 Å². The quantitative estimate of drug-likeness (QED) is 0.594. The molecule has 1 aromatic heterocycles. The largest absolute Gasteiger partial charge is 0.320 e. The van der Waals surface area contributed by atoms with Crippen LogP contribution in [0.5, 0.6) is 0 Å². The van der Waals surface area contributed by atoms with Gasteiger partial charge in [0.2, 0.25) is 15.5 Å². The lowest BCUT2D eigenvalue weighted by Gasteiger charge is -2.30. The highest BCUT2D eigenvalue weighted by molar-refractivity contribution is 7.89. The van der Waals surface area contributed by atoms with Gasteiger partial charge in [-0.2, -0.15) is 9.40 Å². The van der Waals surface area contributed by atoms with E-state index in [9.17, 15) is 18.0 Å². The SMILES string of the molecule is CC1CCCN(S(=O)(=O)c2ccc(NC(=O)c3nn(-c4ccc(Cl)cc4)ccc3=O)cc2)C1. The number of rotatable bonds is 5. The zero-order chi connectivity index (χ0) is 23.6. The van der Waals surface area contributed by atoms with Crippen LogP contribution in [0.2, 0.25) is 5.02 Å². The zero-order valence-corrected chi connectivity index (χ0v) is 19.5. The van der Waals surface area contributed by atoms with Gasteiger partial charge in [-0.1, -0.05) is 18.5 Å². The smallest absolute Gasteiger partial charge is 0.280 e. The third kappa shape index (κ3) is 5.16. The Morgan fingerprint density at radius 2 is 1.79 bits per heavy atom. The van der Waals surface area contributed by atoms with Crippen LogP contribution < -0.4 is 10.7 Å². The Morgan fingerprint density at radius 3 is 2.45 bits per heavy atom. The molecule has 1 aliphatic heterocycles. The summed E-state index contributed by atoms with van der Waals surface area (Å²) in [4.78, 5) is 25.1. The fourth-order valence-corrected chi connectivity index (χ4v) is 5.44. The third-order valence-electron chi connectivity index (χ3n) is 5.48. The lowest BCUT2D eigenvalue weighted by molar-refractivity contribution is 0.101. The Labute approximate surface area is 196 Å². The van der Waals surface area contributed by atoms with Crippen molar-refractivity contribution in [1.82, 2.24) is 14.1 Å². The second-order valence-electron chi connectivity index (χ2n) is 8.04. The van der Waals surface area contributed by atoms with Crippen LogP contribution in [0.1, 0.15) is 30.3 Å². The van der Waals surface area contributed by atoms with E-state index in [0.717, 1.165) is 12.8 Å². The molecule has 1 saturated heterocycles. The molecular formula is C23H23ClN4O4S. The van der Waals surface area contributed by atoms with Crippen LogP contribution >= 0.6 is 11.6 Å². The molecule has 2 heterocycles. The fourth-order valence-electron chi connectivity index (χ4n) is 3.72. The number of nitrogens with zero attached hydrogens (tertiary/aromatic N) is 3. The molecule has 1 N–H and O–H groups in total. The highest BCUT2D eigenvalue weighted by Crippen LogP contribution is 2.24. The van der Waals surface area contributed by atoms with Crippen LogP contribution in [-0.2, 0) is 10.0 Å². The number of hydrogen-bond donors (Lipinski definition) is 1. The summed E-state index contributed by atoms with van der Waals surface area (Å²) in [6.45, 7) is 3.05. The molecule has 0 bridgehead atoms. The number of hydrogen-bond acceptors (Lipinski definition) is 5. The topological polar surface area (TPSA) is 101 Å². The van der Waals surface area contributed by atoms with Crippen molar-refractivity contribution in [3.8, 4) is 5.69 Å². The van der Waals surface area contributed by atoms with E-state index in [0.29, 0.717) is 35.4 Å². The van der Waals surface area contributed by atoms with Gasteiger partial charge in [-0.05, 0) is 67.3 Å². The van der Waals surface area contributed by atoms with Crippen LogP contribution in [0.15, 0.2) is 70.5 Å². The molecular weight excluding hydrogens is 464 g/mol. The summed E-state index contributed by atoms with van der Waals surface area (Å²) in [6.07, 6.45) is 3.32. The lowest BCUT2D eigenvalue weighted by atomic mass is 10.0. The minimum atomic E-state index is -3.59. The summed E-state index contributed by atoms with van der Waals surface area (Å²) in [7, 11) is -3.59. The van der Waals surface area contributed by atoms with E-state index in [4.69, 9.17) is 11.6 Å². The van der Waals surface area contributed by atoms with E-state index < -0.39 is 21.4 Å². The highest BCUT2D eigenvalue weighted by atomic mass is 35.5. The number of aromatic nitrogens is 2. The minimum absolute atomic E-state index is 0.164. The molecule has 8 nitrogen and oxygen atoms in total. The number of anilines is 1. The van der Waals surface area contributed by atoms with Crippen molar-refractivity contribution in [3.63, 3.8) is 0 Å². The van der Waals surface area contributed by atoms with Crippen molar-refractivity contribution in [1.29, 1.82) is 0 Å². The van der Waals surface area contributed by atoms with E-state index in [1.807, 2.05) is 6.92 Å². The molecule has 0 aliphatic carbocycles. The molecule has 10 heteroatoms. The van der Waals surface area contributed by atoms with Crippen molar-refractivity contribution in [2.24, 2.45) is 5.92 Å². The first-order valence-corrected chi connectivity index (χ1v) is 12.3. The normalized spacial score (nSPS) is 17.0. The number of nitrogens with one attached hydrogen (secondary N) is 1. The van der Waals surface area contributed by atoms with Gasteiger partial charge in [-0.25, -0.2) is 13.1 Å². The van der Waals surface area contributed by atoms with Crippen molar-refractivity contribution in [2.75, 3.05) is 18.4 Å². The molecule has 1 aliphatic rings. The molecule has 0 radical (unpaired) electrons. The van der Waals surface area contributed by atoms with Crippen molar-refractivity contribution >= 4 is 33.2 Å². The average molecular weight is 487 g/mol. The first-order valence-electron chi connectivity index (χ1n) is 10.5. The molecule has 1 unspecified atom stereocenters. The van der Waals surface area contributed by atoms with Gasteiger partial charge in [-0.3, -0.25) is 9.59 Å².